The highest BCUT2D eigenvalue weighted by molar-refractivity contribution is 5.90. The second kappa shape index (κ2) is 5.57. The number of nitrogens with one attached hydrogen (secondary N) is 1. The number of nitrogens with two attached hydrogens (primary N) is 1. The lowest BCUT2D eigenvalue weighted by atomic mass is 10.0. The van der Waals surface area contributed by atoms with E-state index in [4.69, 9.17) is 10.8 Å². The van der Waals surface area contributed by atoms with Gasteiger partial charge in [-0.3, -0.25) is 0 Å². The molecule has 0 aliphatic carbocycles. The normalized spacial score (nSPS) is 14.1. The Hall–Kier alpha value is -1.71. The molecule has 0 fully saturated rings. The molecule has 4 N–H and O–H groups in total. The van der Waals surface area contributed by atoms with Crippen molar-refractivity contribution < 1.29 is 9.90 Å². The van der Waals surface area contributed by atoms with Crippen LogP contribution in [-0.4, -0.2) is 17.1 Å². The lowest BCUT2D eigenvalue weighted by Crippen LogP contribution is -2.23. The molecule has 0 aliphatic rings. The first kappa shape index (κ1) is 13.4. The number of benzene rings is 1. The van der Waals surface area contributed by atoms with E-state index in [9.17, 15) is 4.79 Å². The predicted octanol–water partition coefficient (Wildman–Crippen LogP) is 2.81. The van der Waals surface area contributed by atoms with E-state index in [0.717, 1.165) is 6.42 Å². The van der Waals surface area contributed by atoms with Gasteiger partial charge in [-0.1, -0.05) is 20.3 Å². The molecular weight excluding hydrogens is 216 g/mol. The predicted molar refractivity (Wildman–Crippen MR) is 70.4 cm³/mol. The molecule has 0 amide bonds. The first-order valence-electron chi connectivity index (χ1n) is 5.85. The molecule has 0 heterocycles. The Labute approximate surface area is 102 Å². The number of carboxylic acids is 1. The summed E-state index contributed by atoms with van der Waals surface area (Å²) in [6.45, 7) is 6.34. The first-order valence-corrected chi connectivity index (χ1v) is 5.85. The van der Waals surface area contributed by atoms with Crippen LogP contribution in [0.15, 0.2) is 18.2 Å². The Bertz CT molecular complexity index is 404. The summed E-state index contributed by atoms with van der Waals surface area (Å²) < 4.78 is 0. The maximum absolute atomic E-state index is 10.9. The zero-order chi connectivity index (χ0) is 13.0. The summed E-state index contributed by atoms with van der Waals surface area (Å²) in [7, 11) is 0. The molecule has 94 valence electrons. The molecular formula is C13H20N2O2. The van der Waals surface area contributed by atoms with Crippen molar-refractivity contribution in [3.63, 3.8) is 0 Å². The van der Waals surface area contributed by atoms with Crippen LogP contribution < -0.4 is 11.1 Å². The summed E-state index contributed by atoms with van der Waals surface area (Å²) in [5.74, 6) is -0.438. The van der Waals surface area contributed by atoms with Gasteiger partial charge in [0.2, 0.25) is 0 Å². The van der Waals surface area contributed by atoms with Crippen LogP contribution in [0.3, 0.4) is 0 Å². The molecule has 0 aromatic heterocycles. The molecule has 0 bridgehead atoms. The Balaban J connectivity index is 2.89. The third-order valence-electron chi connectivity index (χ3n) is 3.18. The van der Waals surface area contributed by atoms with Gasteiger partial charge < -0.3 is 16.2 Å². The highest BCUT2D eigenvalue weighted by Gasteiger charge is 2.12. The standard InChI is InChI=1S/C13H20N2O2/c1-4-8(2)9(3)15-12-7-10(13(16)17)5-6-11(12)14/h5-9,15H,4,14H2,1-3H3,(H,16,17). The average Bonchev–Trinajstić information content (AvgIpc) is 2.30. The largest absolute Gasteiger partial charge is 0.478 e. The van der Waals surface area contributed by atoms with Gasteiger partial charge in [0.05, 0.1) is 16.9 Å². The van der Waals surface area contributed by atoms with Crippen molar-refractivity contribution in [1.82, 2.24) is 0 Å². The van der Waals surface area contributed by atoms with Crippen molar-refractivity contribution in [3.05, 3.63) is 23.8 Å². The van der Waals surface area contributed by atoms with E-state index in [-0.39, 0.29) is 11.6 Å². The van der Waals surface area contributed by atoms with E-state index in [1.54, 1.807) is 12.1 Å². The fraction of sp³-hybridized carbons (Fsp3) is 0.462. The van der Waals surface area contributed by atoms with E-state index in [0.29, 0.717) is 17.3 Å². The summed E-state index contributed by atoms with van der Waals surface area (Å²) in [5, 5.41) is 12.2. The molecule has 4 nitrogen and oxygen atoms in total. The van der Waals surface area contributed by atoms with Crippen LogP contribution >= 0.6 is 0 Å². The monoisotopic (exact) mass is 236 g/mol. The van der Waals surface area contributed by atoms with Crippen molar-refractivity contribution in [2.45, 2.75) is 33.2 Å². The summed E-state index contributed by atoms with van der Waals surface area (Å²) in [6, 6.07) is 4.97. The van der Waals surface area contributed by atoms with Crippen LogP contribution in [0.5, 0.6) is 0 Å². The third kappa shape index (κ3) is 3.37. The Morgan fingerprint density at radius 2 is 2.12 bits per heavy atom. The zero-order valence-corrected chi connectivity index (χ0v) is 10.5. The number of carbonyl (C=O) groups is 1. The van der Waals surface area contributed by atoms with Crippen LogP contribution in [0.2, 0.25) is 0 Å². The molecule has 1 aromatic carbocycles. The molecule has 4 heteroatoms. The first-order chi connectivity index (χ1) is 7.95. The van der Waals surface area contributed by atoms with E-state index in [2.05, 4.69) is 26.1 Å². The molecule has 0 saturated heterocycles. The number of carboxylic acid groups (broad SMARTS) is 1. The summed E-state index contributed by atoms with van der Waals surface area (Å²) in [4.78, 5) is 10.9. The second-order valence-corrected chi connectivity index (χ2v) is 4.43. The van der Waals surface area contributed by atoms with Gasteiger partial charge in [0.1, 0.15) is 0 Å². The maximum atomic E-state index is 10.9. The summed E-state index contributed by atoms with van der Waals surface area (Å²) in [5.41, 5.74) is 7.34. The lowest BCUT2D eigenvalue weighted by Gasteiger charge is -2.22. The van der Waals surface area contributed by atoms with E-state index >= 15 is 0 Å². The van der Waals surface area contributed by atoms with Crippen molar-refractivity contribution in [2.24, 2.45) is 5.92 Å². The van der Waals surface area contributed by atoms with Crippen LogP contribution in [-0.2, 0) is 0 Å². The Morgan fingerprint density at radius 1 is 1.47 bits per heavy atom. The number of nitrogen functional groups attached to an aromatic ring is 1. The van der Waals surface area contributed by atoms with Gasteiger partial charge in [0.25, 0.3) is 0 Å². The molecule has 0 saturated carbocycles. The molecule has 0 aliphatic heterocycles. The van der Waals surface area contributed by atoms with Crippen molar-refractivity contribution >= 4 is 17.3 Å². The van der Waals surface area contributed by atoms with Crippen LogP contribution in [0.25, 0.3) is 0 Å². The minimum atomic E-state index is -0.941. The number of anilines is 2. The average molecular weight is 236 g/mol. The van der Waals surface area contributed by atoms with Gasteiger partial charge in [-0.05, 0) is 31.0 Å². The van der Waals surface area contributed by atoms with Crippen molar-refractivity contribution in [1.29, 1.82) is 0 Å². The van der Waals surface area contributed by atoms with Gasteiger partial charge in [0, 0.05) is 6.04 Å². The van der Waals surface area contributed by atoms with Gasteiger partial charge >= 0.3 is 5.97 Å². The van der Waals surface area contributed by atoms with E-state index < -0.39 is 5.97 Å². The Kier molecular flexibility index (Phi) is 4.37. The fourth-order valence-electron chi connectivity index (χ4n) is 1.56. The molecule has 17 heavy (non-hydrogen) atoms. The quantitative estimate of drug-likeness (QED) is 0.687. The van der Waals surface area contributed by atoms with Gasteiger partial charge in [0.15, 0.2) is 0 Å². The van der Waals surface area contributed by atoms with E-state index in [1.165, 1.54) is 6.07 Å². The second-order valence-electron chi connectivity index (χ2n) is 4.43. The van der Waals surface area contributed by atoms with E-state index in [1.807, 2.05) is 0 Å². The maximum Gasteiger partial charge on any atom is 0.335 e. The molecule has 1 aromatic rings. The highest BCUT2D eigenvalue weighted by Crippen LogP contribution is 2.23. The minimum absolute atomic E-state index is 0.248. The fourth-order valence-corrected chi connectivity index (χ4v) is 1.56. The van der Waals surface area contributed by atoms with Crippen LogP contribution in [0.1, 0.15) is 37.6 Å². The molecule has 2 atom stereocenters. The van der Waals surface area contributed by atoms with Crippen molar-refractivity contribution in [3.8, 4) is 0 Å². The number of aromatic carboxylic acids is 1. The lowest BCUT2D eigenvalue weighted by molar-refractivity contribution is 0.0697. The van der Waals surface area contributed by atoms with Gasteiger partial charge in [-0.2, -0.15) is 0 Å². The Morgan fingerprint density at radius 3 is 2.65 bits per heavy atom. The minimum Gasteiger partial charge on any atom is -0.478 e. The van der Waals surface area contributed by atoms with Crippen molar-refractivity contribution in [2.75, 3.05) is 11.1 Å². The zero-order valence-electron chi connectivity index (χ0n) is 10.5. The third-order valence-corrected chi connectivity index (χ3v) is 3.18. The topological polar surface area (TPSA) is 75.3 Å². The molecule has 2 unspecified atom stereocenters. The number of rotatable bonds is 5. The molecule has 0 radical (unpaired) electrons. The van der Waals surface area contributed by atoms with Crippen LogP contribution in [0, 0.1) is 5.92 Å². The summed E-state index contributed by atoms with van der Waals surface area (Å²) in [6.07, 6.45) is 1.06. The summed E-state index contributed by atoms with van der Waals surface area (Å²) >= 11 is 0. The van der Waals surface area contributed by atoms with Gasteiger partial charge in [-0.25, -0.2) is 4.79 Å². The van der Waals surface area contributed by atoms with Crippen LogP contribution in [0.4, 0.5) is 11.4 Å². The highest BCUT2D eigenvalue weighted by atomic mass is 16.4. The SMILES string of the molecule is CCC(C)C(C)Nc1cc(C(=O)O)ccc1N. The molecule has 0 spiro atoms. The number of hydrogen-bond donors (Lipinski definition) is 3. The number of hydrogen-bond acceptors (Lipinski definition) is 3. The van der Waals surface area contributed by atoms with Gasteiger partial charge in [-0.15, -0.1) is 0 Å². The smallest absolute Gasteiger partial charge is 0.335 e. The molecule has 1 rings (SSSR count).